The normalized spacial score (nSPS) is 21.6. The molecule has 2 aliphatic heterocycles. The summed E-state index contributed by atoms with van der Waals surface area (Å²) in [7, 11) is 0. The lowest BCUT2D eigenvalue weighted by Crippen LogP contribution is -2.36. The molecular weight excluding hydrogens is 278 g/mol. The van der Waals surface area contributed by atoms with Crippen LogP contribution in [0.15, 0.2) is 18.2 Å². The molecule has 1 aromatic carbocycles. The van der Waals surface area contributed by atoms with Crippen LogP contribution in [0.1, 0.15) is 56.3 Å². The van der Waals surface area contributed by atoms with Crippen LogP contribution < -0.4 is 0 Å². The average molecular weight is 303 g/mol. The van der Waals surface area contributed by atoms with Gasteiger partial charge in [-0.2, -0.15) is 0 Å². The molecule has 0 radical (unpaired) electrons. The Morgan fingerprint density at radius 1 is 1.36 bits per heavy atom. The fourth-order valence-corrected chi connectivity index (χ4v) is 3.36. The molecule has 0 spiro atoms. The highest BCUT2D eigenvalue weighted by Gasteiger charge is 2.34. The van der Waals surface area contributed by atoms with Gasteiger partial charge in [-0.25, -0.2) is 4.79 Å². The molecule has 0 saturated carbocycles. The van der Waals surface area contributed by atoms with Gasteiger partial charge in [0.1, 0.15) is 5.60 Å². The van der Waals surface area contributed by atoms with Crippen LogP contribution in [0.4, 0.5) is 4.79 Å². The average Bonchev–Trinajstić information content (AvgIpc) is 2.94. The minimum Gasteiger partial charge on any atom is -0.444 e. The number of fused-ring (bicyclic) bond motifs is 1. The minimum atomic E-state index is -0.455. The van der Waals surface area contributed by atoms with Gasteiger partial charge in [-0.1, -0.05) is 18.2 Å². The monoisotopic (exact) mass is 303 g/mol. The maximum absolute atomic E-state index is 12.5. The molecule has 1 fully saturated rings. The molecular formula is C18H25NO3. The van der Waals surface area contributed by atoms with E-state index < -0.39 is 5.60 Å². The van der Waals surface area contributed by atoms with Crippen LogP contribution in [0, 0.1) is 0 Å². The van der Waals surface area contributed by atoms with Gasteiger partial charge in [-0.05, 0) is 56.7 Å². The summed E-state index contributed by atoms with van der Waals surface area (Å²) in [5.41, 5.74) is 3.42. The molecule has 1 atom stereocenters. The van der Waals surface area contributed by atoms with E-state index in [2.05, 4.69) is 18.2 Å². The molecule has 4 heteroatoms. The standard InChI is InChI=1S/C18H25NO3/c1-18(2,3)22-17(20)19-10-5-8-16(19)14-7-4-6-13-9-11-21-12-15(13)14/h4,6-7,16H,5,8-12H2,1-3H3. The van der Waals surface area contributed by atoms with Crippen molar-refractivity contribution in [1.82, 2.24) is 4.90 Å². The summed E-state index contributed by atoms with van der Waals surface area (Å²) in [6.45, 7) is 7.95. The van der Waals surface area contributed by atoms with Crippen molar-refractivity contribution in [2.75, 3.05) is 13.2 Å². The predicted octanol–water partition coefficient (Wildman–Crippen LogP) is 3.83. The van der Waals surface area contributed by atoms with E-state index in [1.165, 1.54) is 16.7 Å². The molecule has 1 amide bonds. The van der Waals surface area contributed by atoms with E-state index in [9.17, 15) is 4.79 Å². The van der Waals surface area contributed by atoms with E-state index in [1.807, 2.05) is 25.7 Å². The predicted molar refractivity (Wildman–Crippen MR) is 84.7 cm³/mol. The Hall–Kier alpha value is -1.55. The first-order valence-electron chi connectivity index (χ1n) is 8.14. The molecule has 1 saturated heterocycles. The fraction of sp³-hybridized carbons (Fsp3) is 0.611. The van der Waals surface area contributed by atoms with Gasteiger partial charge in [-0.3, -0.25) is 0 Å². The van der Waals surface area contributed by atoms with Gasteiger partial charge in [0.15, 0.2) is 0 Å². The molecule has 0 aromatic heterocycles. The lowest BCUT2D eigenvalue weighted by molar-refractivity contribution is 0.0221. The summed E-state index contributed by atoms with van der Waals surface area (Å²) in [5.74, 6) is 0. The summed E-state index contributed by atoms with van der Waals surface area (Å²) in [6, 6.07) is 6.53. The second-order valence-electron chi connectivity index (χ2n) is 7.12. The quantitative estimate of drug-likeness (QED) is 0.791. The van der Waals surface area contributed by atoms with Gasteiger partial charge in [-0.15, -0.1) is 0 Å². The highest BCUT2D eigenvalue weighted by Crippen LogP contribution is 2.37. The number of benzene rings is 1. The first kappa shape index (κ1) is 15.3. The smallest absolute Gasteiger partial charge is 0.410 e. The molecule has 1 unspecified atom stereocenters. The molecule has 0 aliphatic carbocycles. The van der Waals surface area contributed by atoms with Crippen LogP contribution in [0.3, 0.4) is 0 Å². The summed E-state index contributed by atoms with van der Waals surface area (Å²) in [6.07, 6.45) is 2.77. The van der Waals surface area contributed by atoms with E-state index in [0.717, 1.165) is 32.4 Å². The lowest BCUT2D eigenvalue weighted by atomic mass is 9.92. The lowest BCUT2D eigenvalue weighted by Gasteiger charge is -2.31. The molecule has 2 heterocycles. The zero-order valence-corrected chi connectivity index (χ0v) is 13.7. The Balaban J connectivity index is 1.86. The molecule has 1 aromatic rings. The zero-order valence-electron chi connectivity index (χ0n) is 13.7. The summed E-state index contributed by atoms with van der Waals surface area (Å²) in [5, 5.41) is 0. The van der Waals surface area contributed by atoms with Crippen LogP contribution in [0.2, 0.25) is 0 Å². The van der Waals surface area contributed by atoms with Gasteiger partial charge < -0.3 is 14.4 Å². The van der Waals surface area contributed by atoms with Gasteiger partial charge in [0.05, 0.1) is 19.3 Å². The number of carbonyl (C=O) groups excluding carboxylic acids is 1. The molecule has 0 N–H and O–H groups in total. The topological polar surface area (TPSA) is 38.8 Å². The zero-order chi connectivity index (χ0) is 15.7. The summed E-state index contributed by atoms with van der Waals surface area (Å²) >= 11 is 0. The third-order valence-electron chi connectivity index (χ3n) is 4.31. The van der Waals surface area contributed by atoms with Gasteiger partial charge >= 0.3 is 6.09 Å². The first-order chi connectivity index (χ1) is 10.5. The number of ether oxygens (including phenoxy) is 2. The van der Waals surface area contributed by atoms with Crippen LogP contribution in [0.5, 0.6) is 0 Å². The third kappa shape index (κ3) is 3.12. The van der Waals surface area contributed by atoms with E-state index in [-0.39, 0.29) is 12.1 Å². The van der Waals surface area contributed by atoms with Crippen LogP contribution in [0.25, 0.3) is 0 Å². The van der Waals surface area contributed by atoms with E-state index in [0.29, 0.717) is 6.61 Å². The van der Waals surface area contributed by atoms with Crippen molar-refractivity contribution in [2.24, 2.45) is 0 Å². The van der Waals surface area contributed by atoms with Crippen molar-refractivity contribution in [3.63, 3.8) is 0 Å². The van der Waals surface area contributed by atoms with Crippen molar-refractivity contribution in [1.29, 1.82) is 0 Å². The van der Waals surface area contributed by atoms with E-state index in [4.69, 9.17) is 9.47 Å². The third-order valence-corrected chi connectivity index (χ3v) is 4.31. The molecule has 0 bridgehead atoms. The Labute approximate surface area is 132 Å². The maximum atomic E-state index is 12.5. The molecule has 3 rings (SSSR count). The van der Waals surface area contributed by atoms with Crippen molar-refractivity contribution in [3.05, 3.63) is 34.9 Å². The number of nitrogens with zero attached hydrogens (tertiary/aromatic N) is 1. The fourth-order valence-electron chi connectivity index (χ4n) is 3.36. The highest BCUT2D eigenvalue weighted by atomic mass is 16.6. The van der Waals surface area contributed by atoms with Gasteiger partial charge in [0.25, 0.3) is 0 Å². The summed E-state index contributed by atoms with van der Waals surface area (Å²) in [4.78, 5) is 14.4. The van der Waals surface area contributed by atoms with Crippen LogP contribution in [-0.2, 0) is 22.5 Å². The van der Waals surface area contributed by atoms with Crippen molar-refractivity contribution in [3.8, 4) is 0 Å². The number of amides is 1. The van der Waals surface area contributed by atoms with Crippen molar-refractivity contribution >= 4 is 6.09 Å². The Bertz CT molecular complexity index is 562. The van der Waals surface area contributed by atoms with Crippen molar-refractivity contribution < 1.29 is 14.3 Å². The highest BCUT2D eigenvalue weighted by molar-refractivity contribution is 5.69. The van der Waals surface area contributed by atoms with Crippen LogP contribution >= 0.6 is 0 Å². The first-order valence-corrected chi connectivity index (χ1v) is 8.14. The Kier molecular flexibility index (Phi) is 4.13. The van der Waals surface area contributed by atoms with Crippen LogP contribution in [-0.4, -0.2) is 29.7 Å². The number of rotatable bonds is 1. The van der Waals surface area contributed by atoms with E-state index >= 15 is 0 Å². The summed E-state index contributed by atoms with van der Waals surface area (Å²) < 4.78 is 11.2. The maximum Gasteiger partial charge on any atom is 0.410 e. The largest absolute Gasteiger partial charge is 0.444 e. The number of carbonyl (C=O) groups is 1. The molecule has 22 heavy (non-hydrogen) atoms. The molecule has 4 nitrogen and oxygen atoms in total. The number of hydrogen-bond acceptors (Lipinski definition) is 3. The number of likely N-dealkylation sites (tertiary alicyclic amines) is 1. The SMILES string of the molecule is CC(C)(C)OC(=O)N1CCCC1c1cccc2c1COCC2. The Morgan fingerprint density at radius 3 is 2.95 bits per heavy atom. The van der Waals surface area contributed by atoms with Crippen molar-refractivity contribution in [2.45, 2.75) is 58.3 Å². The van der Waals surface area contributed by atoms with Gasteiger partial charge in [0, 0.05) is 6.54 Å². The van der Waals surface area contributed by atoms with Gasteiger partial charge in [0.2, 0.25) is 0 Å². The second kappa shape index (κ2) is 5.92. The number of hydrogen-bond donors (Lipinski definition) is 0. The second-order valence-corrected chi connectivity index (χ2v) is 7.12. The van der Waals surface area contributed by atoms with E-state index in [1.54, 1.807) is 0 Å². The Morgan fingerprint density at radius 2 is 2.18 bits per heavy atom. The molecule has 120 valence electrons. The minimum absolute atomic E-state index is 0.117. The molecule has 2 aliphatic rings.